The molecule has 8 heavy (non-hydrogen) atoms. The summed E-state index contributed by atoms with van der Waals surface area (Å²) in [6, 6.07) is 0. The fourth-order valence-electron chi connectivity index (χ4n) is 0.598. The van der Waals surface area contributed by atoms with Gasteiger partial charge in [0, 0.05) is 18.3 Å². The molecule has 0 saturated heterocycles. The molecule has 0 N–H and O–H groups in total. The van der Waals surface area contributed by atoms with Crippen LogP contribution in [0, 0.1) is 5.92 Å². The number of nitrogens with zero attached hydrogens (tertiary/aromatic N) is 2. The summed E-state index contributed by atoms with van der Waals surface area (Å²) in [5.41, 5.74) is 0. The summed E-state index contributed by atoms with van der Waals surface area (Å²) < 4.78 is 0. The highest BCUT2D eigenvalue weighted by Gasteiger charge is 2.00. The van der Waals surface area contributed by atoms with E-state index in [0.717, 1.165) is 0 Å². The summed E-state index contributed by atoms with van der Waals surface area (Å²) in [4.78, 5) is 8.18. The predicted molar refractivity (Wildman–Crippen MR) is 35.6 cm³/mol. The topological polar surface area (TPSA) is 24.7 Å². The zero-order valence-corrected chi connectivity index (χ0v) is 5.20. The number of hydrogen-bond donors (Lipinski definition) is 0. The molecule has 2 nitrogen and oxygen atoms in total. The van der Waals surface area contributed by atoms with Gasteiger partial charge in [0.25, 0.3) is 0 Å². The van der Waals surface area contributed by atoms with Crippen molar-refractivity contribution < 1.29 is 0 Å². The van der Waals surface area contributed by atoms with E-state index in [4.69, 9.17) is 0 Å². The van der Waals surface area contributed by atoms with Crippen LogP contribution in [0.1, 0.15) is 13.8 Å². The van der Waals surface area contributed by atoms with Crippen LogP contribution < -0.4 is 0 Å². The molecule has 1 heterocycles. The van der Waals surface area contributed by atoms with Crippen molar-refractivity contribution >= 4 is 12.4 Å². The van der Waals surface area contributed by atoms with E-state index >= 15 is 0 Å². The number of aliphatic imine (C=N–C) groups is 2. The molecule has 0 aromatic rings. The third kappa shape index (κ3) is 1.15. The van der Waals surface area contributed by atoms with Gasteiger partial charge in [0.05, 0.1) is 0 Å². The number of rotatable bonds is 0. The molecule has 1 rings (SSSR count). The van der Waals surface area contributed by atoms with Crippen molar-refractivity contribution in [1.82, 2.24) is 0 Å². The minimum Gasteiger partial charge on any atom is -0.270 e. The quantitative estimate of drug-likeness (QED) is 0.446. The highest BCUT2D eigenvalue weighted by molar-refractivity contribution is 5.84. The smallest absolute Gasteiger partial charge is 0.136 e. The Labute approximate surface area is 49.3 Å². The lowest BCUT2D eigenvalue weighted by atomic mass is 10.2. The van der Waals surface area contributed by atoms with Crippen LogP contribution in [0.2, 0.25) is 0 Å². The molecule has 1 aliphatic heterocycles. The van der Waals surface area contributed by atoms with Gasteiger partial charge in [-0.2, -0.15) is 0 Å². The fourth-order valence-corrected chi connectivity index (χ4v) is 0.598. The van der Waals surface area contributed by atoms with Gasteiger partial charge in [-0.3, -0.25) is 9.98 Å². The summed E-state index contributed by atoms with van der Waals surface area (Å²) in [6.07, 6.45) is 4.01. The maximum absolute atomic E-state index is 4.09. The molecule has 0 amide bonds. The average Bonchev–Trinajstić information content (AvgIpc) is 1.77. The molecule has 44 valence electrons. The molecule has 0 spiro atoms. The van der Waals surface area contributed by atoms with Crippen molar-refractivity contribution in [1.29, 1.82) is 0 Å². The first-order valence-electron chi connectivity index (χ1n) is 2.85. The lowest BCUT2D eigenvalue weighted by molar-refractivity contribution is 0.773. The van der Waals surface area contributed by atoms with Crippen molar-refractivity contribution in [3.8, 4) is 0 Å². The molecule has 0 fully saturated rings. The fraction of sp³-hybridized carbons (Fsp3) is 0.667. The molecule has 0 unspecified atom stereocenters. The first kappa shape index (κ1) is 5.48. The Kier molecular flexibility index (Phi) is 1.42. The Morgan fingerprint density at radius 1 is 1.12 bits per heavy atom. The summed E-state index contributed by atoms with van der Waals surface area (Å²) >= 11 is 0. The van der Waals surface area contributed by atoms with Crippen LogP contribution >= 0.6 is 0 Å². The van der Waals surface area contributed by atoms with Gasteiger partial charge in [-0.15, -0.1) is 0 Å². The first-order chi connectivity index (χ1) is 3.79. The molecule has 0 radical (unpaired) electrons. The van der Waals surface area contributed by atoms with E-state index in [1.165, 1.54) is 0 Å². The van der Waals surface area contributed by atoms with Crippen LogP contribution in [0.25, 0.3) is 0 Å². The predicted octanol–water partition coefficient (Wildman–Crippen LogP) is 1.12. The van der Waals surface area contributed by atoms with Gasteiger partial charge in [0.15, 0.2) is 0 Å². The molecule has 0 aromatic carbocycles. The lowest BCUT2D eigenvalue weighted by Gasteiger charge is -2.06. The molecule has 1 aliphatic rings. The lowest BCUT2D eigenvalue weighted by Crippen LogP contribution is -2.08. The number of hydrogen-bond acceptors (Lipinski definition) is 2. The molecule has 0 aliphatic carbocycles. The zero-order valence-electron chi connectivity index (χ0n) is 5.20. The largest absolute Gasteiger partial charge is 0.270 e. The van der Waals surface area contributed by atoms with Crippen molar-refractivity contribution in [3.63, 3.8) is 0 Å². The van der Waals surface area contributed by atoms with Gasteiger partial charge in [-0.25, -0.2) is 0 Å². The maximum atomic E-state index is 4.09. The van der Waals surface area contributed by atoms with Crippen LogP contribution in [-0.2, 0) is 0 Å². The van der Waals surface area contributed by atoms with Crippen molar-refractivity contribution in [2.24, 2.45) is 15.9 Å². The molecule has 0 atom stereocenters. The maximum Gasteiger partial charge on any atom is 0.136 e. The van der Waals surface area contributed by atoms with Gasteiger partial charge in [0.1, 0.15) is 6.17 Å². The Morgan fingerprint density at radius 2 is 1.62 bits per heavy atom. The van der Waals surface area contributed by atoms with Crippen LogP contribution in [-0.4, -0.2) is 18.6 Å². The summed E-state index contributed by atoms with van der Waals surface area (Å²) in [5, 5.41) is 0. The SMILES string of the molecule is CC1C=NC(C)N=C1. The second-order valence-corrected chi connectivity index (χ2v) is 2.09. The Bertz CT molecular complexity index is 98.5. The third-order valence-electron chi connectivity index (χ3n) is 1.07. The highest BCUT2D eigenvalue weighted by atomic mass is 15.0. The summed E-state index contributed by atoms with van der Waals surface area (Å²) in [6.45, 7) is 4.04. The Balaban J connectivity index is 2.54. The molecule has 2 heteroatoms. The molecular weight excluding hydrogens is 100 g/mol. The van der Waals surface area contributed by atoms with E-state index < -0.39 is 0 Å². The average molecular weight is 110 g/mol. The molecule has 0 aromatic heterocycles. The molecule has 0 saturated carbocycles. The normalized spacial score (nSPS) is 35.8. The van der Waals surface area contributed by atoms with E-state index in [1.807, 2.05) is 19.4 Å². The Morgan fingerprint density at radius 3 is 2.00 bits per heavy atom. The van der Waals surface area contributed by atoms with E-state index in [-0.39, 0.29) is 6.17 Å². The van der Waals surface area contributed by atoms with Crippen molar-refractivity contribution in [2.75, 3.05) is 0 Å². The second-order valence-electron chi connectivity index (χ2n) is 2.09. The van der Waals surface area contributed by atoms with E-state index in [2.05, 4.69) is 16.9 Å². The van der Waals surface area contributed by atoms with E-state index in [1.54, 1.807) is 0 Å². The summed E-state index contributed by atoms with van der Waals surface area (Å²) in [7, 11) is 0. The van der Waals surface area contributed by atoms with E-state index in [0.29, 0.717) is 5.92 Å². The van der Waals surface area contributed by atoms with Crippen LogP contribution in [0.4, 0.5) is 0 Å². The second kappa shape index (κ2) is 2.07. The van der Waals surface area contributed by atoms with Crippen LogP contribution in [0.3, 0.4) is 0 Å². The van der Waals surface area contributed by atoms with E-state index in [9.17, 15) is 0 Å². The molecular formula is C6H10N2. The van der Waals surface area contributed by atoms with Crippen molar-refractivity contribution in [2.45, 2.75) is 20.0 Å². The first-order valence-corrected chi connectivity index (χ1v) is 2.85. The molecule has 0 bridgehead atoms. The van der Waals surface area contributed by atoms with Crippen LogP contribution in [0.5, 0.6) is 0 Å². The monoisotopic (exact) mass is 110 g/mol. The van der Waals surface area contributed by atoms with Gasteiger partial charge < -0.3 is 0 Å². The zero-order chi connectivity index (χ0) is 5.98. The van der Waals surface area contributed by atoms with Gasteiger partial charge in [-0.1, -0.05) is 6.92 Å². The minimum atomic E-state index is 0.159. The minimum absolute atomic E-state index is 0.159. The van der Waals surface area contributed by atoms with Gasteiger partial charge in [-0.05, 0) is 6.92 Å². The Hall–Kier alpha value is -0.660. The van der Waals surface area contributed by atoms with Gasteiger partial charge in [0.2, 0.25) is 0 Å². The van der Waals surface area contributed by atoms with Crippen molar-refractivity contribution in [3.05, 3.63) is 0 Å². The summed E-state index contributed by atoms with van der Waals surface area (Å²) in [5.74, 6) is 0.436. The highest BCUT2D eigenvalue weighted by Crippen LogP contribution is 1.98. The standard InChI is InChI=1S/C6H10N2/c1-5-3-7-6(2)8-4-5/h3-6H,1-2H3. The van der Waals surface area contributed by atoms with Gasteiger partial charge >= 0.3 is 0 Å². The van der Waals surface area contributed by atoms with Crippen LogP contribution in [0.15, 0.2) is 9.98 Å². The third-order valence-corrected chi connectivity index (χ3v) is 1.07.